The lowest BCUT2D eigenvalue weighted by atomic mass is 10.1. The Morgan fingerprint density at radius 3 is 2.68 bits per heavy atom. The summed E-state index contributed by atoms with van der Waals surface area (Å²) in [5.74, 6) is 1.46. The molecule has 25 heavy (non-hydrogen) atoms. The Kier molecular flexibility index (Phi) is 6.65. The average molecular weight is 343 g/mol. The summed E-state index contributed by atoms with van der Waals surface area (Å²) >= 11 is 0. The van der Waals surface area contributed by atoms with E-state index in [2.05, 4.69) is 23.3 Å². The molecule has 0 bridgehead atoms. The van der Waals surface area contributed by atoms with Crippen molar-refractivity contribution in [3.05, 3.63) is 53.6 Å². The third-order valence-corrected chi connectivity index (χ3v) is 3.84. The zero-order valence-corrected chi connectivity index (χ0v) is 14.8. The molecule has 0 spiro atoms. The van der Waals surface area contributed by atoms with Gasteiger partial charge in [-0.05, 0) is 42.3 Å². The molecule has 6 heteroatoms. The zero-order valence-electron chi connectivity index (χ0n) is 14.8. The van der Waals surface area contributed by atoms with E-state index in [1.54, 1.807) is 32.4 Å². The van der Waals surface area contributed by atoms with Crippen LogP contribution in [-0.2, 0) is 6.42 Å². The van der Waals surface area contributed by atoms with Gasteiger partial charge in [-0.15, -0.1) is 0 Å². The highest BCUT2D eigenvalue weighted by molar-refractivity contribution is 5.92. The number of methoxy groups -OCH3 is 2. The Balaban J connectivity index is 2.07. The van der Waals surface area contributed by atoms with Crippen LogP contribution in [0.5, 0.6) is 11.5 Å². The molecule has 0 radical (unpaired) electrons. The zero-order chi connectivity index (χ0) is 18.2. The van der Waals surface area contributed by atoms with Crippen molar-refractivity contribution >= 4 is 11.6 Å². The fraction of sp³-hybridized carbons (Fsp3) is 0.316. The Morgan fingerprint density at radius 2 is 2.00 bits per heavy atom. The van der Waals surface area contributed by atoms with E-state index in [4.69, 9.17) is 15.2 Å². The summed E-state index contributed by atoms with van der Waals surface area (Å²) in [5.41, 5.74) is 8.60. The first-order valence-corrected chi connectivity index (χ1v) is 8.13. The number of aliphatic hydroxyl groups excluding tert-OH is 1. The maximum absolute atomic E-state index is 10.4. The Hall–Kier alpha value is -2.73. The van der Waals surface area contributed by atoms with Crippen LogP contribution in [-0.4, -0.2) is 31.8 Å². The molecule has 1 atom stereocenters. The third kappa shape index (κ3) is 5.12. The molecule has 0 aliphatic heterocycles. The van der Waals surface area contributed by atoms with Gasteiger partial charge >= 0.3 is 0 Å². The second-order valence-corrected chi connectivity index (χ2v) is 5.53. The second kappa shape index (κ2) is 8.94. The van der Waals surface area contributed by atoms with Gasteiger partial charge in [-0.2, -0.15) is 0 Å². The van der Waals surface area contributed by atoms with E-state index in [9.17, 15) is 5.11 Å². The lowest BCUT2D eigenvalue weighted by Crippen LogP contribution is -2.23. The molecule has 0 aliphatic carbocycles. The lowest BCUT2D eigenvalue weighted by Gasteiger charge is -2.15. The summed E-state index contributed by atoms with van der Waals surface area (Å²) in [6.07, 6.45) is 0.0911. The molecule has 134 valence electrons. The van der Waals surface area contributed by atoms with Gasteiger partial charge in [-0.1, -0.05) is 19.1 Å². The number of nitrogens with zero attached hydrogens (tertiary/aromatic N) is 1. The first-order valence-electron chi connectivity index (χ1n) is 8.13. The van der Waals surface area contributed by atoms with Gasteiger partial charge in [0.25, 0.3) is 0 Å². The van der Waals surface area contributed by atoms with Crippen LogP contribution in [0.15, 0.2) is 47.5 Å². The molecule has 0 fully saturated rings. The fourth-order valence-electron chi connectivity index (χ4n) is 2.44. The quantitative estimate of drug-likeness (QED) is 0.531. The van der Waals surface area contributed by atoms with Gasteiger partial charge in [0.1, 0.15) is 17.6 Å². The minimum atomic E-state index is -0.854. The molecule has 0 saturated heterocycles. The largest absolute Gasteiger partial charge is 0.497 e. The smallest absolute Gasteiger partial charge is 0.193 e. The van der Waals surface area contributed by atoms with Crippen LogP contribution < -0.4 is 20.5 Å². The van der Waals surface area contributed by atoms with Crippen molar-refractivity contribution in [2.24, 2.45) is 10.7 Å². The van der Waals surface area contributed by atoms with E-state index in [1.807, 2.05) is 18.2 Å². The predicted octanol–water partition coefficient (Wildman–Crippen LogP) is 2.73. The molecular weight excluding hydrogens is 318 g/mol. The Morgan fingerprint density at radius 1 is 1.20 bits per heavy atom. The van der Waals surface area contributed by atoms with E-state index in [1.165, 1.54) is 5.56 Å². The molecule has 0 amide bonds. The van der Waals surface area contributed by atoms with Crippen molar-refractivity contribution in [2.75, 3.05) is 26.1 Å². The summed E-state index contributed by atoms with van der Waals surface area (Å²) < 4.78 is 10.5. The molecule has 0 aromatic heterocycles. The number of benzene rings is 2. The number of nitrogens with two attached hydrogens (primary N) is 1. The monoisotopic (exact) mass is 343 g/mol. The highest BCUT2D eigenvalue weighted by atomic mass is 16.5. The van der Waals surface area contributed by atoms with Gasteiger partial charge in [-0.25, -0.2) is 0 Å². The van der Waals surface area contributed by atoms with Crippen molar-refractivity contribution in [2.45, 2.75) is 19.4 Å². The average Bonchev–Trinajstić information content (AvgIpc) is 2.65. The summed E-state index contributed by atoms with van der Waals surface area (Å²) in [5, 5.41) is 13.5. The predicted molar refractivity (Wildman–Crippen MR) is 100 cm³/mol. The second-order valence-electron chi connectivity index (χ2n) is 5.53. The Bertz CT molecular complexity index is 732. The van der Waals surface area contributed by atoms with E-state index >= 15 is 0 Å². The molecule has 4 N–H and O–H groups in total. The normalized spacial score (nSPS) is 12.6. The highest BCUT2D eigenvalue weighted by Crippen LogP contribution is 2.29. The van der Waals surface area contributed by atoms with E-state index in [-0.39, 0.29) is 12.5 Å². The summed E-state index contributed by atoms with van der Waals surface area (Å²) in [4.78, 5) is 4.22. The van der Waals surface area contributed by atoms with Gasteiger partial charge in [-0.3, -0.25) is 4.99 Å². The first kappa shape index (κ1) is 18.6. The van der Waals surface area contributed by atoms with E-state index in [0.717, 1.165) is 12.1 Å². The molecule has 6 nitrogen and oxygen atoms in total. The van der Waals surface area contributed by atoms with Crippen LogP contribution in [0.2, 0.25) is 0 Å². The fourth-order valence-corrected chi connectivity index (χ4v) is 2.44. The number of rotatable bonds is 7. The first-order chi connectivity index (χ1) is 12.1. The van der Waals surface area contributed by atoms with Crippen molar-refractivity contribution in [1.82, 2.24) is 0 Å². The molecule has 2 rings (SSSR count). The third-order valence-electron chi connectivity index (χ3n) is 3.84. The molecule has 0 heterocycles. The molecule has 2 aromatic carbocycles. The van der Waals surface area contributed by atoms with Crippen molar-refractivity contribution < 1.29 is 14.6 Å². The summed E-state index contributed by atoms with van der Waals surface area (Å²) in [6, 6.07) is 13.2. The maximum atomic E-state index is 10.4. The Labute approximate surface area is 148 Å². The molecule has 0 saturated carbocycles. The van der Waals surface area contributed by atoms with Crippen LogP contribution in [0.3, 0.4) is 0 Å². The number of hydrogen-bond acceptors (Lipinski definition) is 4. The van der Waals surface area contributed by atoms with Gasteiger partial charge in [0, 0.05) is 11.3 Å². The molecule has 2 aromatic rings. The standard InChI is InChI=1S/C19H25N3O3/c1-4-13-6-5-7-14(10-13)22-19(20)21-12-17(23)16-11-15(24-2)8-9-18(16)25-3/h5-11,17,23H,4,12H2,1-3H3,(H3,20,21,22). The van der Waals surface area contributed by atoms with Crippen LogP contribution in [0.4, 0.5) is 5.69 Å². The number of aliphatic imine (C=N–C) groups is 1. The van der Waals surface area contributed by atoms with Crippen molar-refractivity contribution in [1.29, 1.82) is 0 Å². The van der Waals surface area contributed by atoms with Gasteiger partial charge < -0.3 is 25.6 Å². The van der Waals surface area contributed by atoms with Crippen LogP contribution in [0.25, 0.3) is 0 Å². The number of anilines is 1. The van der Waals surface area contributed by atoms with Gasteiger partial charge in [0.15, 0.2) is 5.96 Å². The van der Waals surface area contributed by atoms with Crippen LogP contribution >= 0.6 is 0 Å². The minimum Gasteiger partial charge on any atom is -0.497 e. The minimum absolute atomic E-state index is 0.107. The number of guanidine groups is 1. The van der Waals surface area contributed by atoms with Crippen molar-refractivity contribution in [3.8, 4) is 11.5 Å². The van der Waals surface area contributed by atoms with E-state index < -0.39 is 6.10 Å². The number of aryl methyl sites for hydroxylation is 1. The number of hydrogen-bond donors (Lipinski definition) is 3. The van der Waals surface area contributed by atoms with Crippen LogP contribution in [0.1, 0.15) is 24.2 Å². The maximum Gasteiger partial charge on any atom is 0.193 e. The van der Waals surface area contributed by atoms with E-state index in [0.29, 0.717) is 17.1 Å². The molecule has 1 unspecified atom stereocenters. The van der Waals surface area contributed by atoms with Crippen molar-refractivity contribution in [3.63, 3.8) is 0 Å². The summed E-state index contributed by atoms with van der Waals surface area (Å²) in [7, 11) is 3.13. The number of aliphatic hydroxyl groups is 1. The summed E-state index contributed by atoms with van der Waals surface area (Å²) in [6.45, 7) is 2.20. The van der Waals surface area contributed by atoms with Crippen LogP contribution in [0, 0.1) is 0 Å². The molecule has 0 aliphatic rings. The van der Waals surface area contributed by atoms with Gasteiger partial charge in [0.2, 0.25) is 0 Å². The topological polar surface area (TPSA) is 89.1 Å². The SMILES string of the molecule is CCc1cccc(NC(N)=NCC(O)c2cc(OC)ccc2OC)c1. The molecular formula is C19H25N3O3. The lowest BCUT2D eigenvalue weighted by molar-refractivity contribution is 0.182. The highest BCUT2D eigenvalue weighted by Gasteiger charge is 2.14. The van der Waals surface area contributed by atoms with Gasteiger partial charge in [0.05, 0.1) is 20.8 Å². The number of nitrogens with one attached hydrogen (secondary N) is 1. The number of ether oxygens (including phenoxy) is 2.